The predicted octanol–water partition coefficient (Wildman–Crippen LogP) is 2.63. The molecule has 0 bridgehead atoms. The van der Waals surface area contributed by atoms with Crippen LogP contribution >= 0.6 is 0 Å². The molecule has 0 fully saturated rings. The Labute approximate surface area is 113 Å². The summed E-state index contributed by atoms with van der Waals surface area (Å²) in [6.45, 7) is 2.43. The Morgan fingerprint density at radius 1 is 1.26 bits per heavy atom. The first-order valence-corrected chi connectivity index (χ1v) is 6.30. The van der Waals surface area contributed by atoms with Crippen molar-refractivity contribution in [1.82, 2.24) is 4.98 Å². The molecule has 0 saturated heterocycles. The molecule has 0 spiro atoms. The molecule has 0 saturated carbocycles. The van der Waals surface area contributed by atoms with E-state index in [1.54, 1.807) is 6.20 Å². The summed E-state index contributed by atoms with van der Waals surface area (Å²) in [5, 5.41) is 12.1. The number of nitrogens with zero attached hydrogens (tertiary/aromatic N) is 1. The summed E-state index contributed by atoms with van der Waals surface area (Å²) < 4.78 is 5.31. The van der Waals surface area contributed by atoms with Crippen LogP contribution in [0, 0.1) is 0 Å². The minimum atomic E-state index is 0.0258. The summed E-state index contributed by atoms with van der Waals surface area (Å²) in [6, 6.07) is 11.8. The van der Waals surface area contributed by atoms with Crippen LogP contribution in [0.2, 0.25) is 0 Å². The van der Waals surface area contributed by atoms with Crippen LogP contribution in [-0.2, 0) is 0 Å². The first kappa shape index (κ1) is 13.4. The van der Waals surface area contributed by atoms with Crippen molar-refractivity contribution in [2.45, 2.75) is 13.0 Å². The van der Waals surface area contributed by atoms with Crippen molar-refractivity contribution in [1.29, 1.82) is 0 Å². The molecule has 1 unspecified atom stereocenters. The predicted molar refractivity (Wildman–Crippen MR) is 75.3 cm³/mol. The highest BCUT2D eigenvalue weighted by atomic mass is 16.5. The van der Waals surface area contributed by atoms with Gasteiger partial charge >= 0.3 is 0 Å². The summed E-state index contributed by atoms with van der Waals surface area (Å²) in [7, 11) is 0. The fourth-order valence-electron chi connectivity index (χ4n) is 1.78. The Bertz CT molecular complexity index is 485. The van der Waals surface area contributed by atoms with Gasteiger partial charge in [-0.2, -0.15) is 0 Å². The van der Waals surface area contributed by atoms with E-state index in [4.69, 9.17) is 9.84 Å². The van der Waals surface area contributed by atoms with Gasteiger partial charge in [-0.05, 0) is 42.8 Å². The lowest BCUT2D eigenvalue weighted by atomic mass is 10.1. The molecule has 0 amide bonds. The Balaban J connectivity index is 1.96. The molecule has 0 radical (unpaired) electrons. The van der Waals surface area contributed by atoms with Gasteiger partial charge in [-0.1, -0.05) is 6.07 Å². The molecule has 2 rings (SSSR count). The third kappa shape index (κ3) is 3.96. The summed E-state index contributed by atoms with van der Waals surface area (Å²) in [6.07, 6.45) is 3.62. The number of aliphatic hydroxyl groups excluding tert-OH is 1. The van der Waals surface area contributed by atoms with Crippen LogP contribution in [0.25, 0.3) is 0 Å². The van der Waals surface area contributed by atoms with E-state index in [1.165, 1.54) is 0 Å². The first-order chi connectivity index (χ1) is 9.29. The van der Waals surface area contributed by atoms with E-state index in [-0.39, 0.29) is 12.6 Å². The zero-order valence-corrected chi connectivity index (χ0v) is 10.9. The lowest BCUT2D eigenvalue weighted by molar-refractivity contribution is 0.201. The van der Waals surface area contributed by atoms with Gasteiger partial charge in [-0.3, -0.25) is 4.98 Å². The summed E-state index contributed by atoms with van der Waals surface area (Å²) in [4.78, 5) is 4.11. The van der Waals surface area contributed by atoms with Gasteiger partial charge in [0.1, 0.15) is 12.4 Å². The highest BCUT2D eigenvalue weighted by Gasteiger charge is 2.04. The quantitative estimate of drug-likeness (QED) is 0.836. The van der Waals surface area contributed by atoms with Gasteiger partial charge in [0.05, 0.1) is 12.6 Å². The fraction of sp³-hybridized carbons (Fsp3) is 0.267. The maximum absolute atomic E-state index is 8.68. The molecule has 2 aromatic rings. The van der Waals surface area contributed by atoms with Gasteiger partial charge in [-0.25, -0.2) is 0 Å². The van der Waals surface area contributed by atoms with E-state index in [0.717, 1.165) is 17.0 Å². The molecule has 4 nitrogen and oxygen atoms in total. The number of rotatable bonds is 6. The number of anilines is 1. The molecule has 4 heteroatoms. The number of aromatic nitrogens is 1. The Kier molecular flexibility index (Phi) is 4.75. The standard InChI is InChI=1S/C15H18N2O2/c1-12(13-3-2-8-16-11-13)17-14-4-6-15(7-5-14)19-10-9-18/h2-8,11-12,17-18H,9-10H2,1H3. The largest absolute Gasteiger partial charge is 0.491 e. The van der Waals surface area contributed by atoms with Gasteiger partial charge in [0.2, 0.25) is 0 Å². The van der Waals surface area contributed by atoms with Crippen LogP contribution in [0.3, 0.4) is 0 Å². The molecule has 1 aromatic carbocycles. The molecule has 0 aliphatic carbocycles. The minimum absolute atomic E-state index is 0.0258. The number of benzene rings is 1. The lowest BCUT2D eigenvalue weighted by Crippen LogP contribution is -2.07. The average Bonchev–Trinajstić information content (AvgIpc) is 2.47. The van der Waals surface area contributed by atoms with Gasteiger partial charge in [0, 0.05) is 18.1 Å². The molecule has 2 N–H and O–H groups in total. The van der Waals surface area contributed by atoms with Gasteiger partial charge in [-0.15, -0.1) is 0 Å². The molecule has 0 aliphatic rings. The highest BCUT2D eigenvalue weighted by Crippen LogP contribution is 2.21. The summed E-state index contributed by atoms with van der Waals surface area (Å²) in [5.41, 5.74) is 2.16. The van der Waals surface area contributed by atoms with E-state index < -0.39 is 0 Å². The lowest BCUT2D eigenvalue weighted by Gasteiger charge is -2.15. The number of aliphatic hydroxyl groups is 1. The molecule has 1 atom stereocenters. The van der Waals surface area contributed by atoms with E-state index in [2.05, 4.69) is 17.2 Å². The first-order valence-electron chi connectivity index (χ1n) is 6.30. The zero-order chi connectivity index (χ0) is 13.5. The van der Waals surface area contributed by atoms with Gasteiger partial charge < -0.3 is 15.2 Å². The second-order valence-corrected chi connectivity index (χ2v) is 4.25. The number of hydrogen-bond acceptors (Lipinski definition) is 4. The molecule has 1 heterocycles. The van der Waals surface area contributed by atoms with Crippen LogP contribution in [0.1, 0.15) is 18.5 Å². The van der Waals surface area contributed by atoms with Crippen molar-refractivity contribution in [3.63, 3.8) is 0 Å². The monoisotopic (exact) mass is 258 g/mol. The second-order valence-electron chi connectivity index (χ2n) is 4.25. The Morgan fingerprint density at radius 2 is 2.05 bits per heavy atom. The zero-order valence-electron chi connectivity index (χ0n) is 10.9. The van der Waals surface area contributed by atoms with Gasteiger partial charge in [0.25, 0.3) is 0 Å². The molecule has 19 heavy (non-hydrogen) atoms. The van der Waals surface area contributed by atoms with Crippen molar-refractivity contribution in [2.75, 3.05) is 18.5 Å². The molecule has 1 aromatic heterocycles. The van der Waals surface area contributed by atoms with Crippen molar-refractivity contribution >= 4 is 5.69 Å². The number of hydrogen-bond donors (Lipinski definition) is 2. The minimum Gasteiger partial charge on any atom is -0.491 e. The van der Waals surface area contributed by atoms with E-state index in [1.807, 2.05) is 42.6 Å². The van der Waals surface area contributed by atoms with Crippen LogP contribution in [0.4, 0.5) is 5.69 Å². The Hall–Kier alpha value is -2.07. The second kappa shape index (κ2) is 6.75. The molecular weight excluding hydrogens is 240 g/mol. The third-order valence-corrected chi connectivity index (χ3v) is 2.78. The van der Waals surface area contributed by atoms with Crippen molar-refractivity contribution in [3.05, 3.63) is 54.4 Å². The molecule has 0 aliphatic heterocycles. The summed E-state index contributed by atoms with van der Waals surface area (Å²) in [5.74, 6) is 0.758. The van der Waals surface area contributed by atoms with Crippen LogP contribution < -0.4 is 10.1 Å². The normalized spacial score (nSPS) is 11.9. The van der Waals surface area contributed by atoms with Crippen molar-refractivity contribution in [2.24, 2.45) is 0 Å². The number of nitrogens with one attached hydrogen (secondary N) is 1. The van der Waals surface area contributed by atoms with Crippen molar-refractivity contribution < 1.29 is 9.84 Å². The van der Waals surface area contributed by atoms with E-state index >= 15 is 0 Å². The third-order valence-electron chi connectivity index (χ3n) is 2.78. The van der Waals surface area contributed by atoms with E-state index in [0.29, 0.717) is 6.61 Å². The smallest absolute Gasteiger partial charge is 0.119 e. The number of pyridine rings is 1. The fourth-order valence-corrected chi connectivity index (χ4v) is 1.78. The maximum atomic E-state index is 8.68. The molecular formula is C15H18N2O2. The Morgan fingerprint density at radius 3 is 2.68 bits per heavy atom. The average molecular weight is 258 g/mol. The van der Waals surface area contributed by atoms with E-state index in [9.17, 15) is 0 Å². The van der Waals surface area contributed by atoms with Crippen molar-refractivity contribution in [3.8, 4) is 5.75 Å². The topological polar surface area (TPSA) is 54.4 Å². The summed E-state index contributed by atoms with van der Waals surface area (Å²) >= 11 is 0. The van der Waals surface area contributed by atoms with Crippen LogP contribution in [-0.4, -0.2) is 23.3 Å². The molecule has 100 valence electrons. The van der Waals surface area contributed by atoms with Crippen LogP contribution in [0.15, 0.2) is 48.8 Å². The SMILES string of the molecule is CC(Nc1ccc(OCCO)cc1)c1cccnc1. The number of ether oxygens (including phenoxy) is 1. The maximum Gasteiger partial charge on any atom is 0.119 e. The van der Waals surface area contributed by atoms with Gasteiger partial charge in [0.15, 0.2) is 0 Å². The van der Waals surface area contributed by atoms with Crippen LogP contribution in [0.5, 0.6) is 5.75 Å². The highest BCUT2D eigenvalue weighted by molar-refractivity contribution is 5.48.